The van der Waals surface area contributed by atoms with Crippen molar-refractivity contribution in [1.82, 2.24) is 0 Å². The van der Waals surface area contributed by atoms with Crippen LogP contribution < -0.4 is 83.9 Å². The number of carbonyl (C=O) groups is 2. The summed E-state index contributed by atoms with van der Waals surface area (Å²) in [6, 6.07) is 96.0. The zero-order valence-corrected chi connectivity index (χ0v) is 73.6. The van der Waals surface area contributed by atoms with Crippen molar-refractivity contribution < 1.29 is 66.4 Å². The van der Waals surface area contributed by atoms with Crippen LogP contribution in [-0.2, 0) is 17.1 Å². The van der Waals surface area contributed by atoms with E-state index in [-0.39, 0.29) is 0 Å². The van der Waals surface area contributed by atoms with Crippen molar-refractivity contribution in [2.45, 2.75) is 70.6 Å². The van der Waals surface area contributed by atoms with Crippen LogP contribution in [0.25, 0.3) is 24.3 Å². The molecule has 0 atom stereocenters. The summed E-state index contributed by atoms with van der Waals surface area (Å²) in [6.45, 7) is 4.38. The second kappa shape index (κ2) is 45.2. The molecule has 0 aliphatic carbocycles. The Bertz CT molecular complexity index is 4730. The molecule has 14 nitrogen and oxygen atoms in total. The first kappa shape index (κ1) is 91.0. The minimum atomic E-state index is -3.47. The van der Waals surface area contributed by atoms with E-state index in [9.17, 15) is 9.59 Å². The first-order chi connectivity index (χ1) is 58.6. The van der Waals surface area contributed by atoms with Crippen molar-refractivity contribution >= 4 is 103 Å². The second-order valence-corrected chi connectivity index (χ2v) is 41.7. The van der Waals surface area contributed by atoms with E-state index >= 15 is 0 Å². The van der Waals surface area contributed by atoms with Gasteiger partial charge < -0.3 is 56.8 Å². The van der Waals surface area contributed by atoms with E-state index in [1.54, 1.807) is 59.8 Å². The van der Waals surface area contributed by atoms with E-state index < -0.39 is 11.9 Å². The van der Waals surface area contributed by atoms with Gasteiger partial charge in [-0.3, -0.25) is 9.59 Å². The summed E-state index contributed by atoms with van der Waals surface area (Å²) in [4.78, 5) is 22.1. The average molecular weight is 1690 g/mol. The van der Waals surface area contributed by atoms with Crippen LogP contribution in [0.4, 0.5) is 0 Å². The predicted octanol–water partition coefficient (Wildman–Crippen LogP) is 22.4. The zero-order chi connectivity index (χ0) is 85.1. The predicted molar refractivity (Wildman–Crippen MR) is 499 cm³/mol. The van der Waals surface area contributed by atoms with Crippen LogP contribution in [0.1, 0.15) is 111 Å². The van der Waals surface area contributed by atoms with Crippen LogP contribution in [-0.4, -0.2) is 103 Å². The first-order valence-corrected chi connectivity index (χ1v) is 46.8. The number of hydrogen-bond donors (Lipinski definition) is 0. The number of aldehydes is 2. The number of benzene rings is 12. The molecule has 0 saturated carbocycles. The number of carbonyl (C=O) groups excluding carboxylic acids is 2. The molecule has 0 aliphatic heterocycles. The molecule has 120 heavy (non-hydrogen) atoms. The van der Waals surface area contributed by atoms with Gasteiger partial charge in [0.1, 0.15) is 24.1 Å². The van der Waals surface area contributed by atoms with Crippen molar-refractivity contribution in [2.75, 3.05) is 90.4 Å². The van der Waals surface area contributed by atoms with Crippen LogP contribution in [0.5, 0.6) is 63.2 Å². The maximum atomic E-state index is 11.0. The Kier molecular flexibility index (Phi) is 34.2. The Morgan fingerprint density at radius 2 is 0.475 bits per heavy atom. The number of methoxy groups -OCH3 is 9. The third kappa shape index (κ3) is 22.4. The quantitative estimate of drug-likeness (QED) is 0.0155. The monoisotopic (exact) mass is 1690 g/mol. The fourth-order valence-corrected chi connectivity index (χ4v) is 27.1. The van der Waals surface area contributed by atoms with E-state index in [4.69, 9.17) is 79.3 Å². The van der Waals surface area contributed by atoms with Gasteiger partial charge in [0, 0.05) is 30.4 Å². The molecular weight excluding hydrogens is 1580 g/mol. The fourth-order valence-electron chi connectivity index (χ4n) is 14.8. The van der Waals surface area contributed by atoms with E-state index in [2.05, 4.69) is 249 Å². The molecule has 0 amide bonds. The van der Waals surface area contributed by atoms with Gasteiger partial charge in [0.05, 0.1) is 76.7 Å². The zero-order valence-electron chi connectivity index (χ0n) is 70.3. The molecular formula is C102H110Cl2O14P2. The Hall–Kier alpha value is -11.3. The first-order valence-electron chi connectivity index (χ1n) is 40.2. The maximum absolute atomic E-state index is 11.0. The van der Waals surface area contributed by atoms with Crippen molar-refractivity contribution in [2.24, 2.45) is 0 Å². The molecule has 12 aromatic rings. The second-order valence-electron chi connectivity index (χ2n) is 28.8. The van der Waals surface area contributed by atoms with E-state index in [0.717, 1.165) is 142 Å². The summed E-state index contributed by atoms with van der Waals surface area (Å²) in [5.74, 6) is -0.560. The van der Waals surface area contributed by atoms with Gasteiger partial charge in [0.25, 0.3) is 0 Å². The topological polar surface area (TPSA) is 145 Å². The number of hydrogen-bond acceptors (Lipinski definition) is 14. The van der Waals surface area contributed by atoms with Crippen molar-refractivity contribution in [3.63, 3.8) is 0 Å². The molecule has 0 radical (unpaired) electrons. The van der Waals surface area contributed by atoms with Gasteiger partial charge in [-0.2, -0.15) is 0 Å². The van der Waals surface area contributed by atoms with E-state index in [1.807, 2.05) is 37.3 Å². The van der Waals surface area contributed by atoms with Gasteiger partial charge in [-0.05, 0) is 123 Å². The van der Waals surface area contributed by atoms with Gasteiger partial charge in [-0.25, -0.2) is 0 Å². The summed E-state index contributed by atoms with van der Waals surface area (Å²) < 4.78 is 66.3. The summed E-state index contributed by atoms with van der Waals surface area (Å²) in [6.07, 6.45) is 18.9. The van der Waals surface area contributed by atoms with Gasteiger partial charge >= 0.3 is 296 Å². The molecule has 0 spiro atoms. The summed E-state index contributed by atoms with van der Waals surface area (Å²) in [5.41, 5.74) is 8.45. The molecule has 0 aromatic heterocycles. The molecule has 18 heteroatoms. The molecule has 0 N–H and O–H groups in total. The molecule has 0 unspecified atom stereocenters. The summed E-state index contributed by atoms with van der Waals surface area (Å²) in [5, 5.41) is 6.97. The number of ether oxygens (including phenoxy) is 12. The molecule has 626 valence electrons. The summed E-state index contributed by atoms with van der Waals surface area (Å²) in [7, 11) is 14.5. The number of halogens is 2. The van der Waals surface area contributed by atoms with Crippen LogP contribution >= 0.6 is 34.4 Å². The molecule has 0 fully saturated rings. The third-order valence-electron chi connectivity index (χ3n) is 21.1. The Morgan fingerprint density at radius 3 is 0.700 bits per heavy atom. The number of unbranched alkanes of at least 4 members (excludes halogenated alkanes) is 6. The molecule has 12 aromatic carbocycles. The molecule has 0 saturated heterocycles. The molecule has 0 heterocycles. The minimum absolute atomic E-state index is 0.458. The third-order valence-corrected chi connectivity index (χ3v) is 35.5. The average Bonchev–Trinajstić information content (AvgIpc) is 0.707. The Labute approximate surface area is 718 Å². The van der Waals surface area contributed by atoms with Crippen LogP contribution in [0.2, 0.25) is 0 Å². The van der Waals surface area contributed by atoms with E-state index in [0.29, 0.717) is 95.0 Å². The Morgan fingerprint density at radius 1 is 0.258 bits per heavy atom. The van der Waals surface area contributed by atoms with Crippen LogP contribution in [0.3, 0.4) is 0 Å². The van der Waals surface area contributed by atoms with Crippen molar-refractivity contribution in [1.29, 1.82) is 0 Å². The SMILES string of the molecule is COCCCCCCOc1c(OC)cc(/C=C/c2ccc(/C=C/c3cc(OC)c(C)c(OC)c3)cc2)cc1OC.COc1cc(C=O)cc(OC)c1OCCCCCCOc1c(OC)cc(C=O)cc1OC.ClP(Cc1ccc(CP(Cl)(c2ccccc2)(c2ccccc2)c2ccccc2)cc1)(c1ccccc1)(c1ccccc1)c1ccccc1. The number of rotatable bonds is 41. The molecule has 12 rings (SSSR count). The fraction of sp³-hybridized carbons (Fsp3) is 0.235. The normalized spacial score (nSPS) is 11.9. The van der Waals surface area contributed by atoms with Crippen LogP contribution in [0.15, 0.2) is 279 Å². The van der Waals surface area contributed by atoms with Crippen molar-refractivity contribution in [3.8, 4) is 63.2 Å². The molecule has 0 aliphatic rings. The van der Waals surface area contributed by atoms with Gasteiger partial charge in [-0.1, -0.05) is 55.0 Å². The van der Waals surface area contributed by atoms with Gasteiger partial charge in [0.15, 0.2) is 34.5 Å². The van der Waals surface area contributed by atoms with Crippen LogP contribution in [0, 0.1) is 6.92 Å². The van der Waals surface area contributed by atoms with Gasteiger partial charge in [0.2, 0.25) is 17.2 Å². The Balaban J connectivity index is 0.000000193. The van der Waals surface area contributed by atoms with Crippen molar-refractivity contribution in [3.05, 3.63) is 329 Å². The summed E-state index contributed by atoms with van der Waals surface area (Å²) >= 11 is 16.9. The van der Waals surface area contributed by atoms with Gasteiger partial charge in [-0.15, -0.1) is 0 Å². The standard InChI is InChI=1S/C44H38Cl2P2.C34H42O6.C24H30O8/c45-47(39-19-7-1-8-20-39,40-21-9-2-10-22-40,41-23-11-3-12-24-41)35-37-31-33-38(34-32-37)36-48(46,42-25-13-4-14-26-42,43-27-15-5-16-28-43)44-29-17-6-18-30-44;1-25-30(36-3)21-28(22-31(25)37-4)17-15-26-11-13-27(14-12-26)16-18-29-23-32(38-5)34(33(24-29)39-6)40-20-10-8-7-9-19-35-2;1-27-19-11-17(15-25)12-20(28-2)23(19)31-9-7-5-6-8-10-32-24-21(29-3)13-18(16-26)14-22(24)30-4/h1-34H,35-36H2;11-18,21-24H,7-10,19-20H2,1-6H3;11-16H,5-10H2,1-4H3/b;17-15+,18-16+;. The van der Waals surface area contributed by atoms with E-state index in [1.165, 1.54) is 39.6 Å². The molecule has 0 bridgehead atoms.